The highest BCUT2D eigenvalue weighted by molar-refractivity contribution is 5.88. The maximum absolute atomic E-state index is 12.1. The Balaban J connectivity index is 2.73. The lowest BCUT2D eigenvalue weighted by atomic mass is 9.87. The SMILES string of the molecule is CCNC(=O)CCCC(=O)NC(CC)(C(=O)O)c1ccccc1. The van der Waals surface area contributed by atoms with Crippen LogP contribution < -0.4 is 10.6 Å². The molecule has 0 radical (unpaired) electrons. The monoisotopic (exact) mass is 320 g/mol. The van der Waals surface area contributed by atoms with Gasteiger partial charge in [0.05, 0.1) is 0 Å². The number of carboxylic acids is 1. The maximum Gasteiger partial charge on any atom is 0.334 e. The van der Waals surface area contributed by atoms with Crippen LogP contribution in [0.2, 0.25) is 0 Å². The Hall–Kier alpha value is -2.37. The van der Waals surface area contributed by atoms with Crippen LogP contribution in [-0.2, 0) is 19.9 Å². The number of amides is 2. The summed E-state index contributed by atoms with van der Waals surface area (Å²) in [5, 5.41) is 14.9. The summed E-state index contributed by atoms with van der Waals surface area (Å²) in [5.74, 6) is -1.57. The van der Waals surface area contributed by atoms with Crippen molar-refractivity contribution >= 4 is 17.8 Å². The van der Waals surface area contributed by atoms with Crippen molar-refractivity contribution in [3.63, 3.8) is 0 Å². The number of hydrogen-bond donors (Lipinski definition) is 3. The summed E-state index contributed by atoms with van der Waals surface area (Å²) in [6.45, 7) is 4.10. The number of rotatable bonds is 9. The van der Waals surface area contributed by atoms with Gasteiger partial charge in [-0.05, 0) is 25.3 Å². The molecule has 0 saturated heterocycles. The molecular weight excluding hydrogens is 296 g/mol. The van der Waals surface area contributed by atoms with Crippen molar-refractivity contribution in [1.82, 2.24) is 10.6 Å². The first-order valence-corrected chi connectivity index (χ1v) is 7.83. The molecule has 0 aliphatic carbocycles. The summed E-state index contributed by atoms with van der Waals surface area (Å²) < 4.78 is 0. The standard InChI is InChI=1S/C17H24N2O4/c1-3-17(16(22)23,13-9-6-5-7-10-13)19-15(21)12-8-11-14(20)18-4-2/h5-7,9-10H,3-4,8,11-12H2,1-2H3,(H,18,20)(H,19,21)(H,22,23). The van der Waals surface area contributed by atoms with Crippen LogP contribution in [0.1, 0.15) is 45.1 Å². The highest BCUT2D eigenvalue weighted by Gasteiger charge is 2.39. The van der Waals surface area contributed by atoms with Crippen molar-refractivity contribution in [2.45, 2.75) is 45.1 Å². The van der Waals surface area contributed by atoms with Crippen molar-refractivity contribution in [1.29, 1.82) is 0 Å². The molecule has 2 amide bonds. The normalized spacial score (nSPS) is 13.0. The minimum absolute atomic E-state index is 0.108. The molecule has 6 nitrogen and oxygen atoms in total. The summed E-state index contributed by atoms with van der Waals surface area (Å²) in [6.07, 6.45) is 0.970. The van der Waals surface area contributed by atoms with E-state index in [1.807, 2.05) is 6.92 Å². The van der Waals surface area contributed by atoms with Crippen LogP contribution in [-0.4, -0.2) is 29.4 Å². The fraction of sp³-hybridized carbons (Fsp3) is 0.471. The van der Waals surface area contributed by atoms with E-state index in [9.17, 15) is 19.5 Å². The van der Waals surface area contributed by atoms with Gasteiger partial charge in [-0.25, -0.2) is 4.79 Å². The molecule has 0 heterocycles. The lowest BCUT2D eigenvalue weighted by Gasteiger charge is -2.30. The average Bonchev–Trinajstić information content (AvgIpc) is 2.53. The summed E-state index contributed by atoms with van der Waals surface area (Å²) in [4.78, 5) is 35.3. The Morgan fingerprint density at radius 3 is 2.17 bits per heavy atom. The van der Waals surface area contributed by atoms with Crippen molar-refractivity contribution in [3.05, 3.63) is 35.9 Å². The summed E-state index contributed by atoms with van der Waals surface area (Å²) in [5.41, 5.74) is -0.906. The third kappa shape index (κ3) is 5.09. The number of carbonyl (C=O) groups is 3. The van der Waals surface area contributed by atoms with Crippen LogP contribution in [0.3, 0.4) is 0 Å². The van der Waals surface area contributed by atoms with Crippen LogP contribution in [0.25, 0.3) is 0 Å². The van der Waals surface area contributed by atoms with Crippen LogP contribution in [0.4, 0.5) is 0 Å². The summed E-state index contributed by atoms with van der Waals surface area (Å²) in [7, 11) is 0. The van der Waals surface area contributed by atoms with E-state index in [0.29, 0.717) is 18.5 Å². The third-order valence-electron chi connectivity index (χ3n) is 3.70. The van der Waals surface area contributed by atoms with E-state index >= 15 is 0 Å². The number of benzene rings is 1. The highest BCUT2D eigenvalue weighted by atomic mass is 16.4. The van der Waals surface area contributed by atoms with Gasteiger partial charge in [-0.2, -0.15) is 0 Å². The molecule has 0 saturated carbocycles. The molecule has 1 unspecified atom stereocenters. The predicted molar refractivity (Wildman–Crippen MR) is 86.7 cm³/mol. The van der Waals surface area contributed by atoms with Gasteiger partial charge in [-0.1, -0.05) is 37.3 Å². The second kappa shape index (κ2) is 8.92. The van der Waals surface area contributed by atoms with E-state index in [4.69, 9.17) is 0 Å². The van der Waals surface area contributed by atoms with E-state index in [-0.39, 0.29) is 31.1 Å². The Bertz CT molecular complexity index is 545. The average molecular weight is 320 g/mol. The van der Waals surface area contributed by atoms with Gasteiger partial charge in [0, 0.05) is 19.4 Å². The van der Waals surface area contributed by atoms with Crippen molar-refractivity contribution in [2.75, 3.05) is 6.54 Å². The molecule has 0 aliphatic heterocycles. The lowest BCUT2D eigenvalue weighted by Crippen LogP contribution is -2.51. The molecule has 23 heavy (non-hydrogen) atoms. The molecule has 6 heteroatoms. The Morgan fingerprint density at radius 2 is 1.65 bits per heavy atom. The van der Waals surface area contributed by atoms with Crippen LogP contribution in [0.15, 0.2) is 30.3 Å². The second-order valence-electron chi connectivity index (χ2n) is 5.29. The summed E-state index contributed by atoms with van der Waals surface area (Å²) >= 11 is 0. The van der Waals surface area contributed by atoms with Gasteiger partial charge in [0.1, 0.15) is 0 Å². The van der Waals surface area contributed by atoms with Crippen molar-refractivity contribution < 1.29 is 19.5 Å². The molecular formula is C17H24N2O4. The van der Waals surface area contributed by atoms with Crippen LogP contribution in [0, 0.1) is 0 Å². The van der Waals surface area contributed by atoms with Gasteiger partial charge in [0.2, 0.25) is 11.8 Å². The molecule has 1 aromatic rings. The number of carboxylic acid groups (broad SMARTS) is 1. The second-order valence-corrected chi connectivity index (χ2v) is 5.29. The van der Waals surface area contributed by atoms with Crippen LogP contribution in [0.5, 0.6) is 0 Å². The first-order valence-electron chi connectivity index (χ1n) is 7.83. The van der Waals surface area contributed by atoms with Gasteiger partial charge >= 0.3 is 5.97 Å². The molecule has 0 aromatic heterocycles. The minimum atomic E-state index is -1.44. The fourth-order valence-electron chi connectivity index (χ4n) is 2.41. The molecule has 1 atom stereocenters. The van der Waals surface area contributed by atoms with E-state index < -0.39 is 11.5 Å². The number of aliphatic carboxylic acids is 1. The first-order chi connectivity index (χ1) is 11.0. The maximum atomic E-state index is 12.1. The molecule has 0 fully saturated rings. The largest absolute Gasteiger partial charge is 0.479 e. The van der Waals surface area contributed by atoms with Gasteiger partial charge in [0.25, 0.3) is 0 Å². The minimum Gasteiger partial charge on any atom is -0.479 e. The van der Waals surface area contributed by atoms with Gasteiger partial charge in [-0.15, -0.1) is 0 Å². The molecule has 3 N–H and O–H groups in total. The zero-order valence-corrected chi connectivity index (χ0v) is 13.6. The number of hydrogen-bond acceptors (Lipinski definition) is 3. The highest BCUT2D eigenvalue weighted by Crippen LogP contribution is 2.25. The van der Waals surface area contributed by atoms with E-state index in [0.717, 1.165) is 0 Å². The zero-order chi connectivity index (χ0) is 17.3. The zero-order valence-electron chi connectivity index (χ0n) is 13.6. The Morgan fingerprint density at radius 1 is 1.04 bits per heavy atom. The van der Waals surface area contributed by atoms with E-state index in [1.54, 1.807) is 37.3 Å². The van der Waals surface area contributed by atoms with Crippen LogP contribution >= 0.6 is 0 Å². The fourth-order valence-corrected chi connectivity index (χ4v) is 2.41. The van der Waals surface area contributed by atoms with Crippen molar-refractivity contribution in [3.8, 4) is 0 Å². The molecule has 126 valence electrons. The predicted octanol–water partition coefficient (Wildman–Crippen LogP) is 1.80. The smallest absolute Gasteiger partial charge is 0.334 e. The Labute approximate surface area is 136 Å². The molecule has 0 spiro atoms. The van der Waals surface area contributed by atoms with Gasteiger partial charge in [0.15, 0.2) is 5.54 Å². The number of carbonyl (C=O) groups excluding carboxylic acids is 2. The first kappa shape index (κ1) is 18.7. The van der Waals surface area contributed by atoms with E-state index in [2.05, 4.69) is 10.6 Å². The topological polar surface area (TPSA) is 95.5 Å². The lowest BCUT2D eigenvalue weighted by molar-refractivity contribution is -0.148. The Kier molecular flexibility index (Phi) is 7.25. The number of nitrogens with one attached hydrogen (secondary N) is 2. The van der Waals surface area contributed by atoms with Gasteiger partial charge in [-0.3, -0.25) is 9.59 Å². The molecule has 0 aliphatic rings. The molecule has 0 bridgehead atoms. The van der Waals surface area contributed by atoms with Gasteiger partial charge < -0.3 is 15.7 Å². The third-order valence-corrected chi connectivity index (χ3v) is 3.70. The molecule has 1 rings (SSSR count). The molecule has 1 aromatic carbocycles. The van der Waals surface area contributed by atoms with Crippen molar-refractivity contribution in [2.24, 2.45) is 0 Å². The quantitative estimate of drug-likeness (QED) is 0.646. The summed E-state index contributed by atoms with van der Waals surface area (Å²) in [6, 6.07) is 8.65. The van der Waals surface area contributed by atoms with E-state index in [1.165, 1.54) is 0 Å².